The van der Waals surface area contributed by atoms with E-state index in [9.17, 15) is 5.11 Å². The zero-order valence-corrected chi connectivity index (χ0v) is 15.2. The Balaban J connectivity index is 1.71. The van der Waals surface area contributed by atoms with Gasteiger partial charge in [-0.05, 0) is 18.6 Å². The molecule has 2 aromatic heterocycles. The van der Waals surface area contributed by atoms with Crippen LogP contribution in [0.2, 0.25) is 0 Å². The van der Waals surface area contributed by atoms with Gasteiger partial charge >= 0.3 is 0 Å². The summed E-state index contributed by atoms with van der Waals surface area (Å²) in [5.41, 5.74) is 5.28. The van der Waals surface area contributed by atoms with Gasteiger partial charge in [-0.2, -0.15) is 5.10 Å². The summed E-state index contributed by atoms with van der Waals surface area (Å²) in [6, 6.07) is 20.5. The predicted octanol–water partition coefficient (Wildman–Crippen LogP) is 3.84. The summed E-state index contributed by atoms with van der Waals surface area (Å²) in [6.45, 7) is 3.04. The van der Waals surface area contributed by atoms with Crippen molar-refractivity contribution in [2.24, 2.45) is 0 Å². The Morgan fingerprint density at radius 1 is 0.963 bits per heavy atom. The third-order valence-corrected chi connectivity index (χ3v) is 4.48. The van der Waals surface area contributed by atoms with Crippen LogP contribution in [0.5, 0.6) is 0 Å². The van der Waals surface area contributed by atoms with Crippen molar-refractivity contribution >= 4 is 0 Å². The van der Waals surface area contributed by atoms with Crippen LogP contribution in [-0.2, 0) is 13.1 Å². The van der Waals surface area contributed by atoms with E-state index in [4.69, 9.17) is 0 Å². The van der Waals surface area contributed by atoms with Crippen molar-refractivity contribution in [3.05, 3.63) is 84.9 Å². The Kier molecular flexibility index (Phi) is 4.85. The molecule has 5 heteroatoms. The maximum Gasteiger partial charge on any atom is 0.0963 e. The molecule has 5 nitrogen and oxygen atoms in total. The number of imidazole rings is 1. The number of hydrogen-bond acceptors (Lipinski definition) is 3. The van der Waals surface area contributed by atoms with Crippen molar-refractivity contribution < 1.29 is 5.11 Å². The normalized spacial score (nSPS) is 12.2. The van der Waals surface area contributed by atoms with Gasteiger partial charge in [-0.3, -0.25) is 4.68 Å². The number of nitrogens with zero attached hydrogens (tertiary/aromatic N) is 4. The second kappa shape index (κ2) is 7.60. The second-order valence-electron chi connectivity index (χ2n) is 6.71. The van der Waals surface area contributed by atoms with Gasteiger partial charge in [0.25, 0.3) is 0 Å². The van der Waals surface area contributed by atoms with Crippen LogP contribution in [-0.4, -0.2) is 30.5 Å². The smallest absolute Gasteiger partial charge is 0.0963 e. The summed E-state index contributed by atoms with van der Waals surface area (Å²) in [4.78, 5) is 4.64. The van der Waals surface area contributed by atoms with Crippen molar-refractivity contribution in [2.75, 3.05) is 0 Å². The topological polar surface area (TPSA) is 55.9 Å². The van der Waals surface area contributed by atoms with E-state index >= 15 is 0 Å². The molecule has 1 N–H and O–H groups in total. The molecule has 2 heterocycles. The summed E-state index contributed by atoms with van der Waals surface area (Å²) >= 11 is 0. The number of aliphatic hydroxyl groups is 1. The van der Waals surface area contributed by atoms with Crippen molar-refractivity contribution in [3.63, 3.8) is 0 Å². The van der Waals surface area contributed by atoms with E-state index < -0.39 is 6.10 Å². The minimum Gasteiger partial charge on any atom is -0.392 e. The molecule has 0 radical (unpaired) electrons. The van der Waals surface area contributed by atoms with Gasteiger partial charge in [0.15, 0.2) is 0 Å². The summed E-state index contributed by atoms with van der Waals surface area (Å²) in [5, 5.41) is 14.1. The molecule has 4 aromatic rings. The number of aromatic nitrogens is 4. The van der Waals surface area contributed by atoms with Crippen LogP contribution in [0.3, 0.4) is 0 Å². The van der Waals surface area contributed by atoms with Crippen molar-refractivity contribution in [3.8, 4) is 22.5 Å². The zero-order chi connectivity index (χ0) is 18.6. The average Bonchev–Trinajstić information content (AvgIpc) is 3.33. The number of aliphatic hydroxyl groups excluding tert-OH is 1. The van der Waals surface area contributed by atoms with Crippen molar-refractivity contribution in [2.45, 2.75) is 26.1 Å². The summed E-state index contributed by atoms with van der Waals surface area (Å²) in [6.07, 6.45) is 5.11. The molecule has 1 atom stereocenters. The average molecular weight is 358 g/mol. The molecule has 0 saturated heterocycles. The van der Waals surface area contributed by atoms with Crippen molar-refractivity contribution in [1.29, 1.82) is 0 Å². The maximum atomic E-state index is 9.89. The molecule has 0 spiro atoms. The molecule has 0 aliphatic heterocycles. The number of rotatable bonds is 6. The van der Waals surface area contributed by atoms with E-state index in [0.29, 0.717) is 6.54 Å². The lowest BCUT2D eigenvalue weighted by atomic mass is 10.0. The lowest BCUT2D eigenvalue weighted by molar-refractivity contribution is 0.174. The van der Waals surface area contributed by atoms with Gasteiger partial charge in [-0.25, -0.2) is 4.98 Å². The monoisotopic (exact) mass is 358 g/mol. The lowest BCUT2D eigenvalue weighted by Gasteiger charge is -2.13. The first-order valence-corrected chi connectivity index (χ1v) is 9.06. The number of hydrogen-bond donors (Lipinski definition) is 1. The maximum absolute atomic E-state index is 9.89. The highest BCUT2D eigenvalue weighted by Crippen LogP contribution is 2.31. The van der Waals surface area contributed by atoms with E-state index in [1.807, 2.05) is 46.0 Å². The van der Waals surface area contributed by atoms with Crippen LogP contribution in [0.15, 0.2) is 79.4 Å². The second-order valence-corrected chi connectivity index (χ2v) is 6.71. The number of benzene rings is 2. The van der Waals surface area contributed by atoms with Crippen LogP contribution in [0.4, 0.5) is 0 Å². The summed E-state index contributed by atoms with van der Waals surface area (Å²) in [7, 11) is 0. The van der Waals surface area contributed by atoms with E-state index in [2.05, 4.69) is 46.5 Å². The van der Waals surface area contributed by atoms with Gasteiger partial charge < -0.3 is 9.67 Å². The van der Waals surface area contributed by atoms with Gasteiger partial charge in [0.1, 0.15) is 0 Å². The molecule has 0 bridgehead atoms. The van der Waals surface area contributed by atoms with Crippen LogP contribution < -0.4 is 0 Å². The zero-order valence-electron chi connectivity index (χ0n) is 15.2. The Bertz CT molecular complexity index is 987. The highest BCUT2D eigenvalue weighted by molar-refractivity contribution is 5.78. The van der Waals surface area contributed by atoms with Gasteiger partial charge in [-0.1, -0.05) is 54.6 Å². The van der Waals surface area contributed by atoms with E-state index in [1.165, 1.54) is 5.56 Å². The fourth-order valence-electron chi connectivity index (χ4n) is 3.26. The first-order valence-electron chi connectivity index (χ1n) is 9.06. The third-order valence-electron chi connectivity index (χ3n) is 4.48. The molecular weight excluding hydrogens is 336 g/mol. The van der Waals surface area contributed by atoms with Gasteiger partial charge in [-0.15, -0.1) is 0 Å². The summed E-state index contributed by atoms with van der Waals surface area (Å²) < 4.78 is 3.93. The first kappa shape index (κ1) is 17.2. The van der Waals surface area contributed by atoms with Gasteiger partial charge in [0.05, 0.1) is 30.4 Å². The fourth-order valence-corrected chi connectivity index (χ4v) is 3.26. The molecule has 4 rings (SSSR count). The standard InChI is InChI=1S/C22H22N4O/c1-17(27)14-25-16-23-21(19-6-3-2-4-7-19)22(25)20-10-8-18(9-11-20)15-26-13-5-12-24-26/h2-13,16-17,27H,14-15H2,1H3/t17-/m0/s1. The molecular formula is C22H22N4O. The van der Waals surface area contributed by atoms with Gasteiger partial charge in [0, 0.05) is 30.1 Å². The van der Waals surface area contributed by atoms with Crippen LogP contribution in [0.25, 0.3) is 22.5 Å². The van der Waals surface area contributed by atoms with Crippen LogP contribution in [0.1, 0.15) is 12.5 Å². The van der Waals surface area contributed by atoms with Crippen molar-refractivity contribution in [1.82, 2.24) is 19.3 Å². The Hall–Kier alpha value is -3.18. The molecule has 27 heavy (non-hydrogen) atoms. The highest BCUT2D eigenvalue weighted by Gasteiger charge is 2.16. The minimum atomic E-state index is -0.444. The third kappa shape index (κ3) is 3.83. The molecule has 0 unspecified atom stereocenters. The molecule has 2 aromatic carbocycles. The van der Waals surface area contributed by atoms with Crippen LogP contribution in [0, 0.1) is 0 Å². The van der Waals surface area contributed by atoms with E-state index in [1.54, 1.807) is 13.1 Å². The fraction of sp³-hybridized carbons (Fsp3) is 0.182. The Morgan fingerprint density at radius 3 is 2.41 bits per heavy atom. The largest absolute Gasteiger partial charge is 0.392 e. The minimum absolute atomic E-state index is 0.444. The quantitative estimate of drug-likeness (QED) is 0.570. The SMILES string of the molecule is C[C@H](O)Cn1cnc(-c2ccccc2)c1-c1ccc(Cn2cccn2)cc1. The van der Waals surface area contributed by atoms with E-state index in [-0.39, 0.29) is 0 Å². The molecule has 0 aliphatic rings. The molecule has 0 aliphatic carbocycles. The lowest BCUT2D eigenvalue weighted by Crippen LogP contribution is -2.12. The molecule has 0 saturated carbocycles. The Morgan fingerprint density at radius 2 is 1.74 bits per heavy atom. The molecule has 0 amide bonds. The van der Waals surface area contributed by atoms with E-state index in [0.717, 1.165) is 29.1 Å². The van der Waals surface area contributed by atoms with Crippen LogP contribution >= 0.6 is 0 Å². The molecule has 136 valence electrons. The molecule has 0 fully saturated rings. The highest BCUT2D eigenvalue weighted by atomic mass is 16.3. The van der Waals surface area contributed by atoms with Gasteiger partial charge in [0.2, 0.25) is 0 Å². The Labute approximate surface area is 158 Å². The first-order chi connectivity index (χ1) is 13.2. The predicted molar refractivity (Wildman–Crippen MR) is 106 cm³/mol. The summed E-state index contributed by atoms with van der Waals surface area (Å²) in [5.74, 6) is 0.